The van der Waals surface area contributed by atoms with Crippen molar-refractivity contribution >= 4 is 27.5 Å². The van der Waals surface area contributed by atoms with E-state index in [1.54, 1.807) is 62.4 Å². The van der Waals surface area contributed by atoms with Gasteiger partial charge < -0.3 is 5.11 Å². The quantitative estimate of drug-likeness (QED) is 0.800. The molecule has 2 aromatic rings. The fraction of sp³-hybridized carbons (Fsp3) is 0.316. The summed E-state index contributed by atoms with van der Waals surface area (Å²) in [5, 5.41) is 16.4. The highest BCUT2D eigenvalue weighted by Gasteiger charge is 2.47. The van der Waals surface area contributed by atoms with Gasteiger partial charge in [-0.2, -0.15) is 22.2 Å². The van der Waals surface area contributed by atoms with Crippen molar-refractivity contribution in [1.29, 1.82) is 0 Å². The Morgan fingerprint density at radius 1 is 1.11 bits per heavy atom. The van der Waals surface area contributed by atoms with Crippen LogP contribution in [0.15, 0.2) is 59.7 Å². The van der Waals surface area contributed by atoms with E-state index in [1.807, 2.05) is 6.07 Å². The minimum atomic E-state index is -3.84. The molecule has 6 nitrogen and oxygen atoms in total. The maximum absolute atomic E-state index is 13.0. The number of hydrogen-bond acceptors (Lipinski definition) is 4. The van der Waals surface area contributed by atoms with Gasteiger partial charge in [0, 0.05) is 23.7 Å². The highest BCUT2D eigenvalue weighted by atomic mass is 35.5. The Morgan fingerprint density at radius 2 is 1.70 bits per heavy atom. The largest absolute Gasteiger partial charge is 0.377 e. The fourth-order valence-corrected chi connectivity index (χ4v) is 4.74. The molecule has 1 atom stereocenters. The van der Waals surface area contributed by atoms with Crippen molar-refractivity contribution in [3.05, 3.63) is 70.7 Å². The lowest BCUT2D eigenvalue weighted by molar-refractivity contribution is 0.105. The van der Waals surface area contributed by atoms with E-state index in [4.69, 9.17) is 11.6 Å². The summed E-state index contributed by atoms with van der Waals surface area (Å²) in [6.45, 7) is 4.00. The van der Waals surface area contributed by atoms with Crippen LogP contribution in [0.2, 0.25) is 5.02 Å². The summed E-state index contributed by atoms with van der Waals surface area (Å²) < 4.78 is 28.2. The predicted molar refractivity (Wildman–Crippen MR) is 107 cm³/mol. The molecule has 0 aliphatic carbocycles. The van der Waals surface area contributed by atoms with E-state index in [0.29, 0.717) is 29.2 Å². The standard InChI is InChI=1S/C19H22ClN3O3S/c1-3-22(4-2)27(25,26)23-14-19(24,16-8-6-5-7-9-16)18(21-23)15-10-12-17(20)13-11-15/h5-13,24H,3-4,14H2,1-2H3. The minimum absolute atomic E-state index is 0.187. The van der Waals surface area contributed by atoms with Crippen LogP contribution in [0.4, 0.5) is 0 Å². The van der Waals surface area contributed by atoms with Gasteiger partial charge in [-0.25, -0.2) is 0 Å². The Kier molecular flexibility index (Phi) is 5.58. The maximum Gasteiger partial charge on any atom is 0.319 e. The van der Waals surface area contributed by atoms with E-state index < -0.39 is 15.8 Å². The molecule has 0 radical (unpaired) electrons. The lowest BCUT2D eigenvalue weighted by Gasteiger charge is -2.28. The summed E-state index contributed by atoms with van der Waals surface area (Å²) in [4.78, 5) is 0. The van der Waals surface area contributed by atoms with Crippen LogP contribution in [0.3, 0.4) is 0 Å². The molecule has 0 amide bonds. The van der Waals surface area contributed by atoms with Crippen LogP contribution in [0.1, 0.15) is 25.0 Å². The second kappa shape index (κ2) is 7.59. The Labute approximate surface area is 164 Å². The molecule has 0 fully saturated rings. The number of halogens is 1. The van der Waals surface area contributed by atoms with Crippen LogP contribution in [0.25, 0.3) is 0 Å². The average Bonchev–Trinajstić information content (AvgIpc) is 3.04. The maximum atomic E-state index is 13.0. The first-order valence-electron chi connectivity index (χ1n) is 8.73. The lowest BCUT2D eigenvalue weighted by Crippen LogP contribution is -2.44. The third-order valence-corrected chi connectivity index (χ3v) is 6.80. The Bertz CT molecular complexity index is 928. The van der Waals surface area contributed by atoms with E-state index >= 15 is 0 Å². The zero-order chi connectivity index (χ0) is 19.7. The van der Waals surface area contributed by atoms with Gasteiger partial charge in [0.1, 0.15) is 5.71 Å². The molecule has 1 unspecified atom stereocenters. The summed E-state index contributed by atoms with van der Waals surface area (Å²) in [5.41, 5.74) is -0.0879. The molecular weight excluding hydrogens is 386 g/mol. The highest BCUT2D eigenvalue weighted by Crippen LogP contribution is 2.35. The second-order valence-electron chi connectivity index (χ2n) is 6.25. The number of β-amino-alcohol motifs (C(OH)–C–C–N with tert-alkyl or cyclic N) is 1. The van der Waals surface area contributed by atoms with Crippen molar-refractivity contribution in [1.82, 2.24) is 8.72 Å². The van der Waals surface area contributed by atoms with Crippen LogP contribution in [0, 0.1) is 0 Å². The van der Waals surface area contributed by atoms with Gasteiger partial charge in [0.2, 0.25) is 0 Å². The van der Waals surface area contributed by atoms with Crippen molar-refractivity contribution in [2.75, 3.05) is 19.6 Å². The van der Waals surface area contributed by atoms with E-state index in [0.717, 1.165) is 4.41 Å². The zero-order valence-electron chi connectivity index (χ0n) is 15.2. The molecule has 0 saturated heterocycles. The van der Waals surface area contributed by atoms with Gasteiger partial charge in [0.25, 0.3) is 0 Å². The van der Waals surface area contributed by atoms with Gasteiger partial charge in [-0.3, -0.25) is 0 Å². The van der Waals surface area contributed by atoms with Crippen LogP contribution in [0.5, 0.6) is 0 Å². The minimum Gasteiger partial charge on any atom is -0.377 e. The summed E-state index contributed by atoms with van der Waals surface area (Å²) >= 11 is 5.97. The fourth-order valence-electron chi connectivity index (χ4n) is 3.16. The number of nitrogens with zero attached hydrogens (tertiary/aromatic N) is 3. The lowest BCUT2D eigenvalue weighted by atomic mass is 9.86. The SMILES string of the molecule is CCN(CC)S(=O)(=O)N1CC(O)(c2ccccc2)C(c2ccc(Cl)cc2)=N1. The van der Waals surface area contributed by atoms with Gasteiger partial charge in [-0.1, -0.05) is 67.9 Å². The highest BCUT2D eigenvalue weighted by molar-refractivity contribution is 7.86. The number of hydrogen-bond donors (Lipinski definition) is 1. The normalized spacial score (nSPS) is 20.2. The molecule has 3 rings (SSSR count). The summed E-state index contributed by atoms with van der Waals surface area (Å²) in [6.07, 6.45) is 0. The summed E-state index contributed by atoms with van der Waals surface area (Å²) in [6, 6.07) is 15.8. The van der Waals surface area contributed by atoms with Crippen molar-refractivity contribution in [2.45, 2.75) is 19.4 Å². The van der Waals surface area contributed by atoms with E-state index in [-0.39, 0.29) is 12.3 Å². The molecular formula is C19H22ClN3O3S. The first-order chi connectivity index (χ1) is 12.8. The Hall–Kier alpha value is -1.93. The van der Waals surface area contributed by atoms with Crippen LogP contribution in [-0.2, 0) is 15.8 Å². The molecule has 0 aromatic heterocycles. The Morgan fingerprint density at radius 3 is 2.26 bits per heavy atom. The molecule has 0 spiro atoms. The van der Waals surface area contributed by atoms with E-state index in [9.17, 15) is 13.5 Å². The van der Waals surface area contributed by atoms with E-state index in [1.165, 1.54) is 4.31 Å². The Balaban J connectivity index is 2.12. The first-order valence-corrected chi connectivity index (χ1v) is 10.5. The smallest absolute Gasteiger partial charge is 0.319 e. The molecule has 1 aliphatic rings. The summed E-state index contributed by atoms with van der Waals surface area (Å²) in [7, 11) is -3.84. The first kappa shape index (κ1) is 19.8. The molecule has 1 N–H and O–H groups in total. The molecule has 1 heterocycles. The van der Waals surface area contributed by atoms with Gasteiger partial charge in [0.15, 0.2) is 5.60 Å². The number of benzene rings is 2. The van der Waals surface area contributed by atoms with Gasteiger partial charge >= 0.3 is 10.2 Å². The van der Waals surface area contributed by atoms with Crippen molar-refractivity contribution in [2.24, 2.45) is 5.10 Å². The average molecular weight is 408 g/mol. The molecule has 27 heavy (non-hydrogen) atoms. The van der Waals surface area contributed by atoms with Gasteiger partial charge in [-0.05, 0) is 17.7 Å². The third-order valence-electron chi connectivity index (χ3n) is 4.63. The summed E-state index contributed by atoms with van der Waals surface area (Å²) in [5.74, 6) is 0. The van der Waals surface area contributed by atoms with Crippen LogP contribution < -0.4 is 0 Å². The molecule has 0 bridgehead atoms. The van der Waals surface area contributed by atoms with Crippen molar-refractivity contribution in [3.63, 3.8) is 0 Å². The number of hydrazone groups is 1. The van der Waals surface area contributed by atoms with Crippen molar-refractivity contribution in [3.8, 4) is 0 Å². The van der Waals surface area contributed by atoms with Gasteiger partial charge in [-0.15, -0.1) is 0 Å². The molecule has 144 valence electrons. The molecule has 2 aromatic carbocycles. The topological polar surface area (TPSA) is 73.2 Å². The zero-order valence-corrected chi connectivity index (χ0v) is 16.8. The third kappa shape index (κ3) is 3.60. The molecule has 0 saturated carbocycles. The monoisotopic (exact) mass is 407 g/mol. The van der Waals surface area contributed by atoms with Gasteiger partial charge in [0.05, 0.1) is 6.54 Å². The molecule has 1 aliphatic heterocycles. The number of rotatable bonds is 6. The van der Waals surface area contributed by atoms with Crippen LogP contribution >= 0.6 is 11.6 Å². The predicted octanol–water partition coefficient (Wildman–Crippen LogP) is 2.83. The molecule has 8 heteroatoms. The number of aliphatic hydroxyl groups is 1. The van der Waals surface area contributed by atoms with E-state index in [2.05, 4.69) is 5.10 Å². The second-order valence-corrected chi connectivity index (χ2v) is 8.52. The van der Waals surface area contributed by atoms with Crippen LogP contribution in [-0.4, -0.2) is 47.6 Å². The van der Waals surface area contributed by atoms with Crippen molar-refractivity contribution < 1.29 is 13.5 Å².